The minimum Gasteiger partial charge on any atom is -0.388 e. The molecule has 1 aromatic rings. The number of rotatable bonds is 3. The minimum atomic E-state index is -1.27. The molecule has 0 unspecified atom stereocenters. The molecule has 0 saturated heterocycles. The van der Waals surface area contributed by atoms with Crippen molar-refractivity contribution >= 4 is 5.69 Å². The van der Waals surface area contributed by atoms with Crippen LogP contribution in [-0.4, -0.2) is 23.6 Å². The molecule has 1 rings (SSSR count). The van der Waals surface area contributed by atoms with E-state index in [-0.39, 0.29) is 6.42 Å². The van der Waals surface area contributed by atoms with Gasteiger partial charge >= 0.3 is 0 Å². The largest absolute Gasteiger partial charge is 0.388 e. The lowest BCUT2D eigenvalue weighted by Gasteiger charge is -2.05. The first-order valence-electron chi connectivity index (χ1n) is 3.85. The average molecular weight is 167 g/mol. The van der Waals surface area contributed by atoms with Crippen LogP contribution in [0.15, 0.2) is 24.3 Å². The standard InChI is InChI=1S/C9H13NO2/c1-10-8-4-2-3-7(5-8)6-9(11)12/h2-5,9-12H,6H2,1H3. The first-order chi connectivity index (χ1) is 5.72. The van der Waals surface area contributed by atoms with Crippen molar-refractivity contribution in [3.8, 4) is 0 Å². The van der Waals surface area contributed by atoms with Crippen molar-refractivity contribution in [2.45, 2.75) is 12.7 Å². The Balaban J connectivity index is 2.72. The number of hydrogen-bond acceptors (Lipinski definition) is 3. The molecule has 3 nitrogen and oxygen atoms in total. The molecule has 3 N–H and O–H groups in total. The summed E-state index contributed by atoms with van der Waals surface area (Å²) in [6.45, 7) is 0. The first kappa shape index (κ1) is 9.03. The summed E-state index contributed by atoms with van der Waals surface area (Å²) in [5.74, 6) is 0. The second kappa shape index (κ2) is 4.09. The fraction of sp³-hybridized carbons (Fsp3) is 0.333. The maximum absolute atomic E-state index is 8.70. The fourth-order valence-corrected chi connectivity index (χ4v) is 1.06. The van der Waals surface area contributed by atoms with Crippen molar-refractivity contribution < 1.29 is 10.2 Å². The van der Waals surface area contributed by atoms with Gasteiger partial charge in [0, 0.05) is 19.2 Å². The van der Waals surface area contributed by atoms with Gasteiger partial charge in [0.2, 0.25) is 0 Å². The number of hydrogen-bond donors (Lipinski definition) is 3. The summed E-state index contributed by atoms with van der Waals surface area (Å²) in [5, 5.41) is 20.4. The molecule has 0 aliphatic rings. The van der Waals surface area contributed by atoms with Crippen molar-refractivity contribution in [2.75, 3.05) is 12.4 Å². The molecule has 0 spiro atoms. The van der Waals surface area contributed by atoms with Gasteiger partial charge in [0.05, 0.1) is 0 Å². The van der Waals surface area contributed by atoms with Crippen LogP contribution in [0.5, 0.6) is 0 Å². The van der Waals surface area contributed by atoms with Gasteiger partial charge in [-0.15, -0.1) is 0 Å². The predicted octanol–water partition coefficient (Wildman–Crippen LogP) is 0.581. The summed E-state index contributed by atoms with van der Waals surface area (Å²) in [7, 11) is 1.83. The lowest BCUT2D eigenvalue weighted by Crippen LogP contribution is -2.08. The van der Waals surface area contributed by atoms with E-state index in [1.165, 1.54) is 0 Å². The predicted molar refractivity (Wildman–Crippen MR) is 47.9 cm³/mol. The van der Waals surface area contributed by atoms with Gasteiger partial charge in [-0.1, -0.05) is 12.1 Å². The normalized spacial score (nSPS) is 10.3. The van der Waals surface area contributed by atoms with Crippen LogP contribution in [0.1, 0.15) is 5.56 Å². The van der Waals surface area contributed by atoms with E-state index in [2.05, 4.69) is 5.32 Å². The Morgan fingerprint density at radius 3 is 2.75 bits per heavy atom. The van der Waals surface area contributed by atoms with E-state index in [0.29, 0.717) is 0 Å². The van der Waals surface area contributed by atoms with Crippen LogP contribution in [0.3, 0.4) is 0 Å². The zero-order chi connectivity index (χ0) is 8.97. The topological polar surface area (TPSA) is 52.5 Å². The third-order valence-electron chi connectivity index (χ3n) is 1.63. The molecule has 12 heavy (non-hydrogen) atoms. The quantitative estimate of drug-likeness (QED) is 0.577. The second-order valence-corrected chi connectivity index (χ2v) is 2.64. The number of benzene rings is 1. The lowest BCUT2D eigenvalue weighted by atomic mass is 10.1. The number of nitrogens with one attached hydrogen (secondary N) is 1. The molecular weight excluding hydrogens is 154 g/mol. The van der Waals surface area contributed by atoms with Gasteiger partial charge in [0.1, 0.15) is 0 Å². The Morgan fingerprint density at radius 1 is 1.42 bits per heavy atom. The van der Waals surface area contributed by atoms with Crippen LogP contribution in [-0.2, 0) is 6.42 Å². The van der Waals surface area contributed by atoms with E-state index in [1.54, 1.807) is 0 Å². The Bertz CT molecular complexity index is 248. The highest BCUT2D eigenvalue weighted by molar-refractivity contribution is 5.45. The van der Waals surface area contributed by atoms with Gasteiger partial charge in [-0.05, 0) is 17.7 Å². The lowest BCUT2D eigenvalue weighted by molar-refractivity contribution is -0.0381. The molecule has 3 heteroatoms. The molecule has 1 aromatic carbocycles. The van der Waals surface area contributed by atoms with Gasteiger partial charge < -0.3 is 15.5 Å². The van der Waals surface area contributed by atoms with Gasteiger partial charge in [0.25, 0.3) is 0 Å². The van der Waals surface area contributed by atoms with Crippen molar-refractivity contribution in [2.24, 2.45) is 0 Å². The second-order valence-electron chi connectivity index (χ2n) is 2.64. The molecular formula is C9H13NO2. The molecule has 0 atom stereocenters. The maximum atomic E-state index is 8.70. The summed E-state index contributed by atoms with van der Waals surface area (Å²) in [4.78, 5) is 0. The zero-order valence-corrected chi connectivity index (χ0v) is 6.99. The van der Waals surface area contributed by atoms with E-state index in [4.69, 9.17) is 10.2 Å². The number of aliphatic hydroxyl groups is 2. The Hall–Kier alpha value is -1.06. The molecule has 66 valence electrons. The summed E-state index contributed by atoms with van der Waals surface area (Å²) >= 11 is 0. The molecule has 0 aliphatic heterocycles. The van der Waals surface area contributed by atoms with Crippen LogP contribution in [0.2, 0.25) is 0 Å². The van der Waals surface area contributed by atoms with Crippen LogP contribution in [0.25, 0.3) is 0 Å². The van der Waals surface area contributed by atoms with Crippen LogP contribution >= 0.6 is 0 Å². The summed E-state index contributed by atoms with van der Waals surface area (Å²) in [5.41, 5.74) is 1.89. The Kier molecular flexibility index (Phi) is 3.08. The molecule has 0 fully saturated rings. The van der Waals surface area contributed by atoms with E-state index >= 15 is 0 Å². The molecule has 0 aliphatic carbocycles. The van der Waals surface area contributed by atoms with Crippen molar-refractivity contribution in [3.05, 3.63) is 29.8 Å². The monoisotopic (exact) mass is 167 g/mol. The Morgan fingerprint density at radius 2 is 2.17 bits per heavy atom. The fourth-order valence-electron chi connectivity index (χ4n) is 1.06. The van der Waals surface area contributed by atoms with Gasteiger partial charge in [-0.3, -0.25) is 0 Å². The number of aliphatic hydroxyl groups excluding tert-OH is 1. The highest BCUT2D eigenvalue weighted by atomic mass is 16.5. The molecule has 0 saturated carbocycles. The van der Waals surface area contributed by atoms with E-state index in [0.717, 1.165) is 11.3 Å². The molecule has 0 amide bonds. The Labute approximate surface area is 71.7 Å². The summed E-state index contributed by atoms with van der Waals surface area (Å²) in [6, 6.07) is 7.55. The van der Waals surface area contributed by atoms with Gasteiger partial charge in [-0.2, -0.15) is 0 Å². The zero-order valence-electron chi connectivity index (χ0n) is 6.99. The van der Waals surface area contributed by atoms with Crippen LogP contribution in [0, 0.1) is 0 Å². The molecule has 0 bridgehead atoms. The first-order valence-corrected chi connectivity index (χ1v) is 3.85. The van der Waals surface area contributed by atoms with E-state index < -0.39 is 6.29 Å². The number of anilines is 1. The summed E-state index contributed by atoms with van der Waals surface area (Å²) < 4.78 is 0. The van der Waals surface area contributed by atoms with E-state index in [1.807, 2.05) is 31.3 Å². The molecule has 0 heterocycles. The minimum absolute atomic E-state index is 0.273. The van der Waals surface area contributed by atoms with Gasteiger partial charge in [0.15, 0.2) is 6.29 Å². The molecule has 0 radical (unpaired) electrons. The van der Waals surface area contributed by atoms with Crippen molar-refractivity contribution in [1.29, 1.82) is 0 Å². The summed E-state index contributed by atoms with van der Waals surface area (Å²) in [6.07, 6.45) is -0.993. The van der Waals surface area contributed by atoms with Crippen LogP contribution in [0.4, 0.5) is 5.69 Å². The third kappa shape index (κ3) is 2.53. The highest BCUT2D eigenvalue weighted by Gasteiger charge is 1.99. The SMILES string of the molecule is CNc1cccc(CC(O)O)c1. The van der Waals surface area contributed by atoms with Crippen LogP contribution < -0.4 is 5.32 Å². The molecule has 0 aromatic heterocycles. The maximum Gasteiger partial charge on any atom is 0.155 e. The highest BCUT2D eigenvalue weighted by Crippen LogP contribution is 2.10. The van der Waals surface area contributed by atoms with E-state index in [9.17, 15) is 0 Å². The average Bonchev–Trinajstić information content (AvgIpc) is 2.03. The third-order valence-corrected chi connectivity index (χ3v) is 1.63. The smallest absolute Gasteiger partial charge is 0.155 e. The van der Waals surface area contributed by atoms with Crippen molar-refractivity contribution in [1.82, 2.24) is 0 Å². The van der Waals surface area contributed by atoms with Gasteiger partial charge in [-0.25, -0.2) is 0 Å². The van der Waals surface area contributed by atoms with Crippen molar-refractivity contribution in [3.63, 3.8) is 0 Å².